The van der Waals surface area contributed by atoms with E-state index in [0.717, 1.165) is 29.2 Å². The third-order valence-corrected chi connectivity index (χ3v) is 5.06. The molecule has 0 bridgehead atoms. The van der Waals surface area contributed by atoms with Crippen molar-refractivity contribution in [2.75, 3.05) is 38.3 Å². The molecule has 0 atom stereocenters. The van der Waals surface area contributed by atoms with Gasteiger partial charge in [-0.2, -0.15) is 10.7 Å². The number of hydrogen-bond donors (Lipinski definition) is 1. The van der Waals surface area contributed by atoms with Gasteiger partial charge in [0, 0.05) is 30.7 Å². The van der Waals surface area contributed by atoms with Crippen molar-refractivity contribution in [3.8, 4) is 22.3 Å². The van der Waals surface area contributed by atoms with Crippen LogP contribution in [0.5, 0.6) is 5.06 Å². The lowest BCUT2D eigenvalue weighted by Gasteiger charge is -2.27. The Morgan fingerprint density at radius 3 is 2.74 bits per heavy atom. The molecule has 1 aromatic heterocycles. The second kappa shape index (κ2) is 7.20. The molecule has 5 nitrogen and oxygen atoms in total. The van der Waals surface area contributed by atoms with Crippen LogP contribution < -0.4 is 15.2 Å². The quantitative estimate of drug-likeness (QED) is 0.858. The topological polar surface area (TPSA) is 57.5 Å². The Bertz CT molecular complexity index is 735. The van der Waals surface area contributed by atoms with E-state index in [-0.39, 0.29) is 0 Å². The molecular formula is C16H16ClN3O2S. The lowest BCUT2D eigenvalue weighted by molar-refractivity contribution is 0.123. The van der Waals surface area contributed by atoms with Crippen LogP contribution >= 0.6 is 22.9 Å². The van der Waals surface area contributed by atoms with Crippen LogP contribution in [0.3, 0.4) is 0 Å². The molecule has 0 saturated carbocycles. The first-order chi connectivity index (χ1) is 11.3. The van der Waals surface area contributed by atoms with Gasteiger partial charge in [0.2, 0.25) is 5.06 Å². The average molecular weight is 350 g/mol. The summed E-state index contributed by atoms with van der Waals surface area (Å²) in [7, 11) is 1.69. The van der Waals surface area contributed by atoms with Crippen molar-refractivity contribution < 1.29 is 9.57 Å². The van der Waals surface area contributed by atoms with E-state index in [2.05, 4.69) is 16.4 Å². The summed E-state index contributed by atoms with van der Waals surface area (Å²) in [5, 5.41) is 11.9. The molecule has 23 heavy (non-hydrogen) atoms. The van der Waals surface area contributed by atoms with E-state index in [4.69, 9.17) is 21.2 Å². The van der Waals surface area contributed by atoms with E-state index in [9.17, 15) is 5.26 Å². The summed E-state index contributed by atoms with van der Waals surface area (Å²) in [6, 6.07) is 9.81. The lowest BCUT2D eigenvalue weighted by atomic mass is 10.0. The molecule has 1 fully saturated rings. The number of nitriles is 1. The van der Waals surface area contributed by atoms with Crippen LogP contribution in [0, 0.1) is 11.3 Å². The molecular weight excluding hydrogens is 334 g/mol. The summed E-state index contributed by atoms with van der Waals surface area (Å²) in [6.07, 6.45) is 0. The highest BCUT2D eigenvalue weighted by molar-refractivity contribution is 7.18. The van der Waals surface area contributed by atoms with Crippen LogP contribution in [-0.4, -0.2) is 33.4 Å². The molecule has 1 aliphatic rings. The van der Waals surface area contributed by atoms with Gasteiger partial charge in [0.05, 0.1) is 24.3 Å². The highest BCUT2D eigenvalue weighted by Crippen LogP contribution is 2.48. The number of benzene rings is 1. The lowest BCUT2D eigenvalue weighted by Crippen LogP contribution is -2.36. The number of ether oxygens (including phenoxy) is 1. The Morgan fingerprint density at radius 1 is 1.35 bits per heavy atom. The van der Waals surface area contributed by atoms with Gasteiger partial charge in [0.15, 0.2) is 0 Å². The number of anilines is 1. The summed E-state index contributed by atoms with van der Waals surface area (Å²) < 4.78 is 5.40. The minimum Gasteiger partial charge on any atom is -0.397 e. The summed E-state index contributed by atoms with van der Waals surface area (Å²) in [6.45, 7) is 2.84. The fourth-order valence-corrected chi connectivity index (χ4v) is 3.97. The highest BCUT2D eigenvalue weighted by Gasteiger charge is 2.26. The molecule has 7 heteroatoms. The van der Waals surface area contributed by atoms with Crippen LogP contribution in [0.25, 0.3) is 11.1 Å². The van der Waals surface area contributed by atoms with Crippen molar-refractivity contribution in [3.05, 3.63) is 34.9 Å². The van der Waals surface area contributed by atoms with Crippen molar-refractivity contribution in [3.63, 3.8) is 0 Å². The minimum atomic E-state index is 0.593. The Morgan fingerprint density at radius 2 is 2.09 bits per heavy atom. The van der Waals surface area contributed by atoms with Gasteiger partial charge in [-0.3, -0.25) is 0 Å². The molecule has 0 amide bonds. The average Bonchev–Trinajstić information content (AvgIpc) is 2.95. The molecule has 1 aromatic carbocycles. The highest BCUT2D eigenvalue weighted by atomic mass is 35.5. The van der Waals surface area contributed by atoms with Crippen LogP contribution in [-0.2, 0) is 4.74 Å². The molecule has 120 valence electrons. The number of nitrogens with one attached hydrogen (secondary N) is 1. The van der Waals surface area contributed by atoms with Crippen molar-refractivity contribution in [2.45, 2.75) is 0 Å². The first kappa shape index (κ1) is 16.1. The van der Waals surface area contributed by atoms with Gasteiger partial charge in [-0.05, 0) is 6.07 Å². The second-order valence-electron chi connectivity index (χ2n) is 4.94. The number of morpholine rings is 1. The van der Waals surface area contributed by atoms with Crippen LogP contribution in [0.2, 0.25) is 5.02 Å². The summed E-state index contributed by atoms with van der Waals surface area (Å²) in [4.78, 5) is 7.72. The zero-order chi connectivity index (χ0) is 16.2. The Hall–Kier alpha value is -1.78. The first-order valence-electron chi connectivity index (χ1n) is 7.24. The van der Waals surface area contributed by atoms with Crippen molar-refractivity contribution in [1.82, 2.24) is 5.48 Å². The molecule has 2 heterocycles. The maximum atomic E-state index is 9.74. The van der Waals surface area contributed by atoms with Crippen molar-refractivity contribution in [2.24, 2.45) is 0 Å². The standard InChI is InChI=1S/C16H16ClN3O2S/c1-19-22-16-14(11-4-2-3-5-13(11)17)12(10-18)15(23-16)20-6-8-21-9-7-20/h2-5,19H,6-9H2,1H3. The smallest absolute Gasteiger partial charge is 0.211 e. The predicted octanol–water partition coefficient (Wildman–Crippen LogP) is 3.29. The third kappa shape index (κ3) is 3.14. The monoisotopic (exact) mass is 349 g/mol. The fraction of sp³-hybridized carbons (Fsp3) is 0.312. The number of halogens is 1. The van der Waals surface area contributed by atoms with Gasteiger partial charge in [-0.25, -0.2) is 0 Å². The minimum absolute atomic E-state index is 0.593. The van der Waals surface area contributed by atoms with Crippen LogP contribution in [0.15, 0.2) is 24.3 Å². The summed E-state index contributed by atoms with van der Waals surface area (Å²) in [5.41, 5.74) is 4.82. The van der Waals surface area contributed by atoms with E-state index in [0.29, 0.717) is 28.9 Å². The second-order valence-corrected chi connectivity index (χ2v) is 6.31. The number of hydroxylamine groups is 1. The van der Waals surface area contributed by atoms with Gasteiger partial charge in [-0.15, -0.1) is 0 Å². The molecule has 1 saturated heterocycles. The van der Waals surface area contributed by atoms with Gasteiger partial charge in [-0.1, -0.05) is 41.1 Å². The summed E-state index contributed by atoms with van der Waals surface area (Å²) >= 11 is 7.79. The zero-order valence-electron chi connectivity index (χ0n) is 12.6. The largest absolute Gasteiger partial charge is 0.397 e. The Labute approximate surface area is 143 Å². The van der Waals surface area contributed by atoms with Crippen LogP contribution in [0.1, 0.15) is 5.56 Å². The molecule has 0 unspecified atom stereocenters. The number of hydrogen-bond acceptors (Lipinski definition) is 6. The number of rotatable bonds is 4. The van der Waals surface area contributed by atoms with E-state index in [1.165, 1.54) is 11.3 Å². The maximum Gasteiger partial charge on any atom is 0.211 e. The van der Waals surface area contributed by atoms with E-state index in [1.54, 1.807) is 7.05 Å². The van der Waals surface area contributed by atoms with E-state index >= 15 is 0 Å². The molecule has 3 rings (SSSR count). The Balaban J connectivity index is 2.15. The molecule has 0 radical (unpaired) electrons. The molecule has 2 aromatic rings. The molecule has 0 spiro atoms. The Kier molecular flexibility index (Phi) is 5.03. The predicted molar refractivity (Wildman–Crippen MR) is 92.2 cm³/mol. The zero-order valence-corrected chi connectivity index (χ0v) is 14.2. The van der Waals surface area contributed by atoms with Gasteiger partial charge in [0.1, 0.15) is 11.1 Å². The SMILES string of the molecule is CNOc1sc(N2CCOCC2)c(C#N)c1-c1ccccc1Cl. The molecule has 1 N–H and O–H groups in total. The van der Waals surface area contributed by atoms with Crippen LogP contribution in [0.4, 0.5) is 5.00 Å². The molecule has 0 aliphatic carbocycles. The van der Waals surface area contributed by atoms with Gasteiger partial charge >= 0.3 is 0 Å². The van der Waals surface area contributed by atoms with Gasteiger partial charge < -0.3 is 14.5 Å². The van der Waals surface area contributed by atoms with Crippen molar-refractivity contribution >= 4 is 27.9 Å². The molecule has 1 aliphatic heterocycles. The van der Waals surface area contributed by atoms with E-state index < -0.39 is 0 Å². The number of thiophene rings is 1. The first-order valence-corrected chi connectivity index (χ1v) is 8.43. The van der Waals surface area contributed by atoms with E-state index in [1.807, 2.05) is 24.3 Å². The maximum absolute atomic E-state index is 9.74. The fourth-order valence-electron chi connectivity index (χ4n) is 2.56. The summed E-state index contributed by atoms with van der Waals surface area (Å²) in [5.74, 6) is 0. The normalized spacial score (nSPS) is 14.6. The number of nitrogens with zero attached hydrogens (tertiary/aromatic N) is 2. The van der Waals surface area contributed by atoms with Gasteiger partial charge in [0.25, 0.3) is 0 Å². The third-order valence-electron chi connectivity index (χ3n) is 3.61. The van der Waals surface area contributed by atoms with Crippen molar-refractivity contribution in [1.29, 1.82) is 5.26 Å².